The molecule has 0 saturated heterocycles. The van der Waals surface area contributed by atoms with Gasteiger partial charge in [-0.3, -0.25) is 15.1 Å². The third-order valence-corrected chi connectivity index (χ3v) is 5.47. The lowest BCUT2D eigenvalue weighted by atomic mass is 10.2. The zero-order valence-electron chi connectivity index (χ0n) is 18.0. The zero-order chi connectivity index (χ0) is 24.0. The molecule has 3 rings (SSSR count). The van der Waals surface area contributed by atoms with Crippen LogP contribution in [0.4, 0.5) is 8.78 Å². The van der Waals surface area contributed by atoms with Crippen LogP contribution in [-0.2, 0) is 17.9 Å². The zero-order valence-corrected chi connectivity index (χ0v) is 19.6. The van der Waals surface area contributed by atoms with Crippen LogP contribution in [0, 0.1) is 18.6 Å². The highest BCUT2D eigenvalue weighted by Gasteiger charge is 2.16. The molecule has 1 amide bonds. The van der Waals surface area contributed by atoms with Crippen LogP contribution in [-0.4, -0.2) is 40.7 Å². The number of pyridine rings is 1. The summed E-state index contributed by atoms with van der Waals surface area (Å²) in [5.41, 5.74) is 1.06. The minimum absolute atomic E-state index is 0.130. The maximum atomic E-state index is 13.8. The van der Waals surface area contributed by atoms with E-state index in [1.807, 2.05) is 0 Å². The van der Waals surface area contributed by atoms with Crippen LogP contribution in [0.25, 0.3) is 0 Å². The van der Waals surface area contributed by atoms with Gasteiger partial charge in [0.2, 0.25) is 0 Å². The minimum Gasteiger partial charge on any atom is -0.487 e. The van der Waals surface area contributed by atoms with Crippen molar-refractivity contribution in [3.8, 4) is 5.75 Å². The molecule has 0 saturated carbocycles. The smallest absolute Gasteiger partial charge is 0.362 e. The molecule has 3 aromatic rings. The lowest BCUT2D eigenvalue weighted by Crippen LogP contribution is -2.89. The van der Waals surface area contributed by atoms with E-state index in [4.69, 9.17) is 9.47 Å². The number of aryl methyl sites for hydroxylation is 1. The standard InChI is InChI=1S/C22H21BrF2N4O4/c1-13-7-19(33-12-14-3-4-15(24)8-17(14)25)20(23)22(31)29(13)11-16-9-28-18(10-27-16)21(30)26-5-6-32-2/h3-4,7-10H,5-6,11-12H2,1-2H3,(H,26,30)/p+1. The second-order valence-electron chi connectivity index (χ2n) is 7.12. The van der Waals surface area contributed by atoms with Crippen molar-refractivity contribution in [3.63, 3.8) is 0 Å². The molecule has 2 aromatic heterocycles. The van der Waals surface area contributed by atoms with Gasteiger partial charge in [0.15, 0.2) is 5.69 Å². The van der Waals surface area contributed by atoms with Crippen LogP contribution < -0.4 is 15.6 Å². The lowest BCUT2D eigenvalue weighted by Gasteiger charge is -2.14. The fraction of sp³-hybridized carbons (Fsp3) is 0.273. The molecule has 11 heteroatoms. The molecule has 33 heavy (non-hydrogen) atoms. The molecule has 0 aliphatic carbocycles. The lowest BCUT2D eigenvalue weighted by molar-refractivity contribution is -0.557. The molecule has 0 aliphatic rings. The van der Waals surface area contributed by atoms with Crippen LogP contribution in [0.3, 0.4) is 0 Å². The molecule has 174 valence electrons. The first-order valence-corrected chi connectivity index (χ1v) is 10.7. The number of hydrogen-bond donors (Lipinski definition) is 1. The molecule has 1 aromatic carbocycles. The first kappa shape index (κ1) is 24.6. The van der Waals surface area contributed by atoms with Gasteiger partial charge in [0.25, 0.3) is 5.56 Å². The summed E-state index contributed by atoms with van der Waals surface area (Å²) in [7, 11) is 1.55. The van der Waals surface area contributed by atoms with Gasteiger partial charge in [0, 0.05) is 30.5 Å². The highest BCUT2D eigenvalue weighted by molar-refractivity contribution is 9.10. The van der Waals surface area contributed by atoms with Gasteiger partial charge in [0.1, 0.15) is 35.0 Å². The average Bonchev–Trinajstić information content (AvgIpc) is 2.79. The molecule has 0 atom stereocenters. The monoisotopic (exact) mass is 523 g/mol. The van der Waals surface area contributed by atoms with E-state index >= 15 is 0 Å². The van der Waals surface area contributed by atoms with E-state index in [1.54, 1.807) is 20.1 Å². The van der Waals surface area contributed by atoms with Crippen molar-refractivity contribution in [2.24, 2.45) is 0 Å². The molecule has 2 heterocycles. The number of halogens is 3. The predicted octanol–water partition coefficient (Wildman–Crippen LogP) is 1.96. The van der Waals surface area contributed by atoms with Crippen LogP contribution in [0.15, 0.2) is 45.9 Å². The Morgan fingerprint density at radius 3 is 2.67 bits per heavy atom. The molecule has 0 bridgehead atoms. The summed E-state index contributed by atoms with van der Waals surface area (Å²) in [5.74, 6) is -1.43. The number of benzene rings is 1. The van der Waals surface area contributed by atoms with E-state index in [9.17, 15) is 18.4 Å². The summed E-state index contributed by atoms with van der Waals surface area (Å²) < 4.78 is 39.0. The number of ether oxygens (including phenoxy) is 2. The van der Waals surface area contributed by atoms with Crippen molar-refractivity contribution < 1.29 is 28.4 Å². The number of aromatic nitrogens is 3. The van der Waals surface area contributed by atoms with Crippen LogP contribution in [0.5, 0.6) is 5.75 Å². The van der Waals surface area contributed by atoms with Crippen molar-refractivity contribution in [3.05, 3.63) is 85.8 Å². The van der Waals surface area contributed by atoms with Crippen LogP contribution in [0.2, 0.25) is 0 Å². The number of nitrogens with zero attached hydrogens (tertiary/aromatic N) is 3. The molecule has 8 nitrogen and oxygen atoms in total. The fourth-order valence-electron chi connectivity index (χ4n) is 2.95. The van der Waals surface area contributed by atoms with Crippen molar-refractivity contribution in [2.45, 2.75) is 20.1 Å². The summed E-state index contributed by atoms with van der Waals surface area (Å²) in [6, 6.07) is 4.82. The minimum atomic E-state index is -0.729. The normalized spacial score (nSPS) is 10.9. The number of hydrogen-bond acceptors (Lipinski definition) is 6. The number of primary amides is 1. The SMILES string of the molecule is COCC[NH2+]C(=O)c1cnc(Cn2c(C)cc(OCc3ccc(F)cc3F)c(Br)c2=O)cn1. The number of methoxy groups -OCH3 is 1. The molecule has 0 unspecified atom stereocenters. The summed E-state index contributed by atoms with van der Waals surface area (Å²) in [5, 5.41) is 1.48. The third kappa shape index (κ3) is 6.28. The van der Waals surface area contributed by atoms with E-state index in [-0.39, 0.29) is 46.1 Å². The number of quaternary nitrogens is 1. The van der Waals surface area contributed by atoms with E-state index < -0.39 is 11.6 Å². The second kappa shape index (κ2) is 11.2. The van der Waals surface area contributed by atoms with Gasteiger partial charge in [-0.05, 0) is 35.0 Å². The number of nitrogens with two attached hydrogens (primary N) is 1. The van der Waals surface area contributed by atoms with Crippen molar-refractivity contribution >= 4 is 21.8 Å². The van der Waals surface area contributed by atoms with Crippen molar-refractivity contribution in [1.29, 1.82) is 0 Å². The molecule has 0 fully saturated rings. The topological polar surface area (TPSA) is 99.9 Å². The van der Waals surface area contributed by atoms with Gasteiger partial charge in [-0.2, -0.15) is 0 Å². The highest BCUT2D eigenvalue weighted by atomic mass is 79.9. The first-order valence-electron chi connectivity index (χ1n) is 9.94. The number of amides is 1. The quantitative estimate of drug-likeness (QED) is 0.430. The summed E-state index contributed by atoms with van der Waals surface area (Å²) in [6.45, 7) is 2.59. The van der Waals surface area contributed by atoms with E-state index in [2.05, 4.69) is 25.9 Å². The van der Waals surface area contributed by atoms with E-state index in [0.717, 1.165) is 12.1 Å². The first-order chi connectivity index (χ1) is 15.8. The number of carbonyl (C=O) groups excluding carboxylic acids is 1. The Labute approximate surface area is 196 Å². The van der Waals surface area contributed by atoms with Crippen molar-refractivity contribution in [1.82, 2.24) is 14.5 Å². The number of rotatable bonds is 9. The molecule has 2 N–H and O–H groups in total. The van der Waals surface area contributed by atoms with Gasteiger partial charge >= 0.3 is 5.91 Å². The Morgan fingerprint density at radius 1 is 1.21 bits per heavy atom. The summed E-state index contributed by atoms with van der Waals surface area (Å²) >= 11 is 3.24. The maximum Gasteiger partial charge on any atom is 0.362 e. The van der Waals surface area contributed by atoms with Gasteiger partial charge in [-0.25, -0.2) is 18.6 Å². The van der Waals surface area contributed by atoms with Gasteiger partial charge in [-0.15, -0.1) is 0 Å². The Kier molecular flexibility index (Phi) is 8.37. The van der Waals surface area contributed by atoms with Gasteiger partial charge < -0.3 is 14.0 Å². The predicted molar refractivity (Wildman–Crippen MR) is 118 cm³/mol. The summed E-state index contributed by atoms with van der Waals surface area (Å²) in [4.78, 5) is 33.3. The Hall–Kier alpha value is -3.02. The van der Waals surface area contributed by atoms with E-state index in [0.29, 0.717) is 24.5 Å². The highest BCUT2D eigenvalue weighted by Crippen LogP contribution is 2.24. The maximum absolute atomic E-state index is 13.8. The van der Waals surface area contributed by atoms with Crippen LogP contribution in [0.1, 0.15) is 27.4 Å². The fourth-order valence-corrected chi connectivity index (χ4v) is 3.39. The summed E-state index contributed by atoms with van der Waals surface area (Å²) in [6.07, 6.45) is 2.81. The van der Waals surface area contributed by atoms with Crippen molar-refractivity contribution in [2.75, 3.05) is 20.3 Å². The Balaban J connectivity index is 1.72. The molecule has 0 aliphatic heterocycles. The van der Waals surface area contributed by atoms with Gasteiger partial charge in [0.05, 0.1) is 31.2 Å². The largest absolute Gasteiger partial charge is 0.487 e. The Bertz CT molecular complexity index is 1200. The third-order valence-electron chi connectivity index (χ3n) is 4.74. The average molecular weight is 524 g/mol. The molecular formula is C22H22BrF2N4O4+. The molecule has 0 spiro atoms. The molecular weight excluding hydrogens is 502 g/mol. The Morgan fingerprint density at radius 2 is 2.00 bits per heavy atom. The second-order valence-corrected chi connectivity index (χ2v) is 7.92. The van der Waals surface area contributed by atoms with E-state index in [1.165, 1.54) is 28.3 Å². The number of carbonyl (C=O) groups is 1. The molecule has 0 radical (unpaired) electrons. The van der Waals surface area contributed by atoms with Crippen LogP contribution >= 0.6 is 15.9 Å². The van der Waals surface area contributed by atoms with Gasteiger partial charge in [-0.1, -0.05) is 0 Å².